The number of hydrogen-bond donors (Lipinski definition) is 0. The molecule has 1 aliphatic carbocycles. The Labute approximate surface area is 128 Å². The van der Waals surface area contributed by atoms with E-state index in [2.05, 4.69) is 20.9 Å². The van der Waals surface area contributed by atoms with Gasteiger partial charge in [-0.05, 0) is 25.0 Å². The van der Waals surface area contributed by atoms with Crippen LogP contribution in [0.4, 0.5) is 13.2 Å². The lowest BCUT2D eigenvalue weighted by atomic mass is 9.86. The van der Waals surface area contributed by atoms with Gasteiger partial charge in [0.2, 0.25) is 6.08 Å². The van der Waals surface area contributed by atoms with E-state index in [0.29, 0.717) is 12.8 Å². The molecule has 0 spiro atoms. The molecule has 0 saturated heterocycles. The van der Waals surface area contributed by atoms with Gasteiger partial charge in [0, 0.05) is 10.0 Å². The Balaban J connectivity index is 2.73. The van der Waals surface area contributed by atoms with Crippen LogP contribution in [-0.2, 0) is 16.5 Å². The van der Waals surface area contributed by atoms with Gasteiger partial charge in [0.1, 0.15) is 11.3 Å². The van der Waals surface area contributed by atoms with Gasteiger partial charge in [-0.25, -0.2) is 4.79 Å². The molecule has 0 N–H and O–H groups in total. The molecule has 0 amide bonds. The maximum absolute atomic E-state index is 13.2. The molecule has 0 unspecified atom stereocenters. The predicted molar refractivity (Wildman–Crippen MR) is 74.0 cm³/mol. The first-order valence-electron chi connectivity index (χ1n) is 6.38. The Hall–Kier alpha value is -1.33. The van der Waals surface area contributed by atoms with Crippen molar-refractivity contribution in [1.29, 1.82) is 0 Å². The summed E-state index contributed by atoms with van der Waals surface area (Å²) in [7, 11) is 1.19. The van der Waals surface area contributed by atoms with Gasteiger partial charge >= 0.3 is 6.18 Å². The van der Waals surface area contributed by atoms with E-state index in [-0.39, 0.29) is 15.8 Å². The Morgan fingerprint density at radius 1 is 1.33 bits per heavy atom. The summed E-state index contributed by atoms with van der Waals surface area (Å²) in [4.78, 5) is 14.6. The van der Waals surface area contributed by atoms with Crippen LogP contribution in [0.25, 0.3) is 0 Å². The SMILES string of the molecule is COc1c(C(F)(F)F)cc(Br)cc1C1(N=C=O)CCCC1. The summed E-state index contributed by atoms with van der Waals surface area (Å²) >= 11 is 3.10. The lowest BCUT2D eigenvalue weighted by Crippen LogP contribution is -2.22. The second-order valence-corrected chi connectivity index (χ2v) is 5.89. The highest BCUT2D eigenvalue weighted by atomic mass is 79.9. The third-order valence-electron chi connectivity index (χ3n) is 3.75. The molecule has 1 fully saturated rings. The van der Waals surface area contributed by atoms with E-state index in [9.17, 15) is 18.0 Å². The van der Waals surface area contributed by atoms with Crippen LogP contribution < -0.4 is 4.74 Å². The minimum Gasteiger partial charge on any atom is -0.496 e. The molecule has 1 aromatic rings. The maximum atomic E-state index is 13.2. The minimum atomic E-state index is -4.55. The minimum absolute atomic E-state index is 0.272. The van der Waals surface area contributed by atoms with Gasteiger partial charge in [-0.15, -0.1) is 0 Å². The number of halogens is 4. The molecule has 1 aliphatic rings. The summed E-state index contributed by atoms with van der Waals surface area (Å²) in [6.07, 6.45) is -0.446. The Morgan fingerprint density at radius 3 is 2.43 bits per heavy atom. The van der Waals surface area contributed by atoms with Gasteiger partial charge in [0.05, 0.1) is 12.7 Å². The molecule has 0 radical (unpaired) electrons. The fraction of sp³-hybridized carbons (Fsp3) is 0.500. The van der Waals surface area contributed by atoms with Gasteiger partial charge in [0.25, 0.3) is 0 Å². The van der Waals surface area contributed by atoms with E-state index in [4.69, 9.17) is 4.74 Å². The fourth-order valence-corrected chi connectivity index (χ4v) is 3.32. The molecule has 1 saturated carbocycles. The van der Waals surface area contributed by atoms with E-state index in [1.807, 2.05) is 0 Å². The normalized spacial score (nSPS) is 17.4. The van der Waals surface area contributed by atoms with E-state index in [1.54, 1.807) is 6.07 Å². The summed E-state index contributed by atoms with van der Waals surface area (Å²) in [5, 5.41) is 0. The van der Waals surface area contributed by atoms with E-state index < -0.39 is 17.3 Å². The number of nitrogens with zero attached hydrogens (tertiary/aromatic N) is 1. The molecular formula is C14H13BrF3NO2. The van der Waals surface area contributed by atoms with Crippen molar-refractivity contribution in [3.05, 3.63) is 27.7 Å². The second-order valence-electron chi connectivity index (χ2n) is 4.97. The van der Waals surface area contributed by atoms with Crippen molar-refractivity contribution >= 4 is 22.0 Å². The first-order chi connectivity index (χ1) is 9.84. The number of methoxy groups -OCH3 is 1. The monoisotopic (exact) mass is 363 g/mol. The molecule has 0 heterocycles. The Morgan fingerprint density at radius 2 is 1.95 bits per heavy atom. The summed E-state index contributed by atoms with van der Waals surface area (Å²) < 4.78 is 44.8. The van der Waals surface area contributed by atoms with Crippen molar-refractivity contribution in [3.8, 4) is 5.75 Å². The predicted octanol–water partition coefficient (Wildman–Crippen LogP) is 4.58. The quantitative estimate of drug-likeness (QED) is 0.582. The fourth-order valence-electron chi connectivity index (χ4n) is 2.86. The number of ether oxygens (including phenoxy) is 1. The molecule has 0 aliphatic heterocycles. The van der Waals surface area contributed by atoms with E-state index in [0.717, 1.165) is 18.9 Å². The van der Waals surface area contributed by atoms with Gasteiger partial charge in [-0.2, -0.15) is 18.2 Å². The number of carbonyl (C=O) groups excluding carboxylic acids is 1. The summed E-state index contributed by atoms with van der Waals surface area (Å²) in [6, 6.07) is 2.51. The molecule has 114 valence electrons. The zero-order valence-corrected chi connectivity index (χ0v) is 12.8. The molecule has 2 rings (SSSR count). The van der Waals surface area contributed by atoms with Crippen LogP contribution in [0, 0.1) is 0 Å². The smallest absolute Gasteiger partial charge is 0.420 e. The molecule has 0 bridgehead atoms. The molecular weight excluding hydrogens is 351 g/mol. The van der Waals surface area contributed by atoms with Crippen LogP contribution in [-0.4, -0.2) is 13.2 Å². The Bertz CT molecular complexity index is 589. The zero-order chi connectivity index (χ0) is 15.7. The summed E-state index contributed by atoms with van der Waals surface area (Å²) in [5.74, 6) is -0.272. The van der Waals surface area contributed by atoms with E-state index >= 15 is 0 Å². The van der Waals surface area contributed by atoms with Crippen molar-refractivity contribution in [1.82, 2.24) is 0 Å². The molecule has 0 aromatic heterocycles. The largest absolute Gasteiger partial charge is 0.496 e. The van der Waals surface area contributed by atoms with Crippen molar-refractivity contribution in [3.63, 3.8) is 0 Å². The molecule has 21 heavy (non-hydrogen) atoms. The summed E-state index contributed by atoms with van der Waals surface area (Å²) in [6.45, 7) is 0. The molecule has 7 heteroatoms. The maximum Gasteiger partial charge on any atom is 0.420 e. The highest BCUT2D eigenvalue weighted by Gasteiger charge is 2.43. The second kappa shape index (κ2) is 5.81. The zero-order valence-electron chi connectivity index (χ0n) is 11.3. The molecule has 0 atom stereocenters. The first kappa shape index (κ1) is 16.0. The number of aliphatic imine (C=N–C) groups is 1. The van der Waals surface area contributed by atoms with Gasteiger partial charge in [-0.1, -0.05) is 28.8 Å². The topological polar surface area (TPSA) is 38.7 Å². The van der Waals surface area contributed by atoms with Crippen molar-refractivity contribution in [2.24, 2.45) is 4.99 Å². The molecule has 3 nitrogen and oxygen atoms in total. The van der Waals surface area contributed by atoms with Gasteiger partial charge < -0.3 is 4.74 Å². The van der Waals surface area contributed by atoms with Crippen LogP contribution >= 0.6 is 15.9 Å². The van der Waals surface area contributed by atoms with Crippen LogP contribution in [0.3, 0.4) is 0 Å². The van der Waals surface area contributed by atoms with Crippen molar-refractivity contribution in [2.75, 3.05) is 7.11 Å². The average Bonchev–Trinajstić information content (AvgIpc) is 2.87. The van der Waals surface area contributed by atoms with Crippen LogP contribution in [0.5, 0.6) is 5.75 Å². The average molecular weight is 364 g/mol. The third kappa shape index (κ3) is 2.99. The third-order valence-corrected chi connectivity index (χ3v) is 4.21. The first-order valence-corrected chi connectivity index (χ1v) is 7.17. The highest BCUT2D eigenvalue weighted by molar-refractivity contribution is 9.10. The van der Waals surface area contributed by atoms with Gasteiger partial charge in [0.15, 0.2) is 0 Å². The van der Waals surface area contributed by atoms with Crippen LogP contribution in [0.2, 0.25) is 0 Å². The summed E-state index contributed by atoms with van der Waals surface area (Å²) in [5.41, 5.74) is -1.56. The van der Waals surface area contributed by atoms with Crippen molar-refractivity contribution < 1.29 is 22.7 Å². The van der Waals surface area contributed by atoms with Crippen LogP contribution in [0.1, 0.15) is 36.8 Å². The lowest BCUT2D eigenvalue weighted by molar-refractivity contribution is -0.138. The number of isocyanates is 1. The molecule has 1 aromatic carbocycles. The van der Waals surface area contributed by atoms with E-state index in [1.165, 1.54) is 13.2 Å². The van der Waals surface area contributed by atoms with Crippen LogP contribution in [0.15, 0.2) is 21.6 Å². The lowest BCUT2D eigenvalue weighted by Gasteiger charge is -2.27. The highest BCUT2D eigenvalue weighted by Crippen LogP contribution is 2.50. The Kier molecular flexibility index (Phi) is 4.44. The number of alkyl halides is 3. The number of benzene rings is 1. The standard InChI is InChI=1S/C14H13BrF3NO2/c1-21-12-10(13(19-8-20)4-2-3-5-13)6-9(15)7-11(12)14(16,17)18/h6-7H,2-5H2,1H3. The van der Waals surface area contributed by atoms with Crippen molar-refractivity contribution in [2.45, 2.75) is 37.4 Å². The van der Waals surface area contributed by atoms with Gasteiger partial charge in [-0.3, -0.25) is 0 Å². The number of hydrogen-bond acceptors (Lipinski definition) is 3. The number of rotatable bonds is 3.